The highest BCUT2D eigenvalue weighted by Gasteiger charge is 2.58. The van der Waals surface area contributed by atoms with Crippen LogP contribution in [0.2, 0.25) is 0 Å². The largest absolute Gasteiger partial charge is 0.340 e. The third-order valence-electron chi connectivity index (χ3n) is 3.94. The molecule has 0 aliphatic heterocycles. The maximum absolute atomic E-state index is 12.3. The van der Waals surface area contributed by atoms with Crippen LogP contribution in [0.3, 0.4) is 0 Å². The van der Waals surface area contributed by atoms with Gasteiger partial charge in [0.25, 0.3) is 5.91 Å². The number of nitrogens with one attached hydrogen (secondary N) is 3. The highest BCUT2D eigenvalue weighted by atomic mass is 16.2. The van der Waals surface area contributed by atoms with Gasteiger partial charge < -0.3 is 10.6 Å². The molecule has 0 saturated heterocycles. The Labute approximate surface area is 120 Å². The van der Waals surface area contributed by atoms with Crippen LogP contribution >= 0.6 is 0 Å². The van der Waals surface area contributed by atoms with E-state index in [9.17, 15) is 14.4 Å². The zero-order valence-electron chi connectivity index (χ0n) is 11.3. The predicted octanol–water partition coefficient (Wildman–Crippen LogP) is -1.39. The van der Waals surface area contributed by atoms with Gasteiger partial charge in [0, 0.05) is 12.4 Å². The maximum Gasteiger partial charge on any atom is 0.327 e. The molecule has 5 N–H and O–H groups in total. The highest BCUT2D eigenvalue weighted by molar-refractivity contribution is 5.99. The van der Waals surface area contributed by atoms with Crippen LogP contribution in [0.15, 0.2) is 18.7 Å². The zero-order valence-corrected chi connectivity index (χ0v) is 11.3. The summed E-state index contributed by atoms with van der Waals surface area (Å²) in [6.45, 7) is 0. The van der Waals surface area contributed by atoms with Crippen LogP contribution in [0, 0.1) is 0 Å². The lowest BCUT2D eigenvalue weighted by molar-refractivity contribution is -0.131. The fourth-order valence-corrected chi connectivity index (χ4v) is 2.19. The topological polar surface area (TPSA) is 131 Å². The Morgan fingerprint density at radius 2 is 1.67 bits per heavy atom. The van der Waals surface area contributed by atoms with E-state index >= 15 is 0 Å². The van der Waals surface area contributed by atoms with Crippen LogP contribution in [0.25, 0.3) is 0 Å². The molecule has 0 aromatic carbocycles. The summed E-state index contributed by atoms with van der Waals surface area (Å²) in [5, 5.41) is 5.39. The van der Waals surface area contributed by atoms with Crippen LogP contribution in [-0.4, -0.2) is 38.5 Å². The molecule has 2 aliphatic rings. The van der Waals surface area contributed by atoms with E-state index in [0.717, 1.165) is 0 Å². The van der Waals surface area contributed by atoms with E-state index in [4.69, 9.17) is 5.84 Å². The van der Waals surface area contributed by atoms with E-state index in [0.29, 0.717) is 25.7 Å². The summed E-state index contributed by atoms with van der Waals surface area (Å²) in [6, 6.07) is -0.423. The van der Waals surface area contributed by atoms with Crippen molar-refractivity contribution in [3.8, 4) is 0 Å². The molecule has 2 saturated carbocycles. The van der Waals surface area contributed by atoms with E-state index in [-0.39, 0.29) is 5.91 Å². The van der Waals surface area contributed by atoms with Crippen molar-refractivity contribution in [1.29, 1.82) is 0 Å². The first kappa shape index (κ1) is 13.6. The zero-order chi connectivity index (χ0) is 15.1. The number of hydrazine groups is 1. The molecule has 21 heavy (non-hydrogen) atoms. The van der Waals surface area contributed by atoms with Gasteiger partial charge in [-0.2, -0.15) is 0 Å². The number of carbonyl (C=O) groups is 3. The average molecular weight is 292 g/mol. The van der Waals surface area contributed by atoms with Gasteiger partial charge in [-0.1, -0.05) is 0 Å². The summed E-state index contributed by atoms with van der Waals surface area (Å²) < 4.78 is 1.26. The molecule has 0 bridgehead atoms. The summed E-state index contributed by atoms with van der Waals surface area (Å²) in [4.78, 5) is 39.7. The lowest BCUT2D eigenvalue weighted by Gasteiger charge is -2.21. The van der Waals surface area contributed by atoms with Gasteiger partial charge in [0.05, 0.1) is 0 Å². The molecule has 0 unspecified atom stereocenters. The molecule has 1 aromatic rings. The summed E-state index contributed by atoms with van der Waals surface area (Å²) in [7, 11) is 0. The Morgan fingerprint density at radius 3 is 2.14 bits per heavy atom. The minimum atomic E-state index is -0.939. The molecule has 2 fully saturated rings. The summed E-state index contributed by atoms with van der Waals surface area (Å²) in [5.41, 5.74) is 0.201. The molecule has 9 nitrogen and oxygen atoms in total. The average Bonchev–Trinajstić information content (AvgIpc) is 3.37. The van der Waals surface area contributed by atoms with Gasteiger partial charge in [-0.3, -0.25) is 19.6 Å². The lowest BCUT2D eigenvalue weighted by Crippen LogP contribution is -2.57. The molecule has 9 heteroatoms. The summed E-state index contributed by atoms with van der Waals surface area (Å²) >= 11 is 0. The second-order valence-corrected chi connectivity index (χ2v) is 5.49. The van der Waals surface area contributed by atoms with E-state index in [1.165, 1.54) is 23.3 Å². The Kier molecular flexibility index (Phi) is 2.94. The first-order chi connectivity index (χ1) is 10.0. The first-order valence-electron chi connectivity index (χ1n) is 6.65. The fraction of sp³-hybridized carbons (Fsp3) is 0.500. The molecule has 2 aliphatic carbocycles. The molecule has 3 rings (SSSR count). The third-order valence-corrected chi connectivity index (χ3v) is 3.94. The van der Waals surface area contributed by atoms with Crippen molar-refractivity contribution in [3.05, 3.63) is 18.7 Å². The number of amides is 3. The summed E-state index contributed by atoms with van der Waals surface area (Å²) in [6.07, 6.45) is 6.50. The van der Waals surface area contributed by atoms with Gasteiger partial charge in [0.2, 0.25) is 5.91 Å². The molecule has 0 spiro atoms. The van der Waals surface area contributed by atoms with Crippen molar-refractivity contribution in [2.75, 3.05) is 0 Å². The minimum absolute atomic E-state index is 0.350. The number of nitrogens with two attached hydrogens (primary N) is 1. The fourth-order valence-electron chi connectivity index (χ4n) is 2.19. The van der Waals surface area contributed by atoms with Gasteiger partial charge in [-0.25, -0.2) is 15.6 Å². The van der Waals surface area contributed by atoms with Gasteiger partial charge in [0.15, 0.2) is 0 Å². The van der Waals surface area contributed by atoms with Crippen molar-refractivity contribution in [3.63, 3.8) is 0 Å². The Hall–Kier alpha value is -2.42. The van der Waals surface area contributed by atoms with E-state index < -0.39 is 23.0 Å². The van der Waals surface area contributed by atoms with Gasteiger partial charge >= 0.3 is 6.03 Å². The minimum Gasteiger partial charge on any atom is -0.340 e. The van der Waals surface area contributed by atoms with Gasteiger partial charge in [-0.15, -0.1) is 0 Å². The number of nitrogens with zero attached hydrogens (tertiary/aromatic N) is 2. The molecule has 112 valence electrons. The smallest absolute Gasteiger partial charge is 0.327 e. The quantitative estimate of drug-likeness (QED) is 0.308. The van der Waals surface area contributed by atoms with Crippen molar-refractivity contribution in [2.24, 2.45) is 5.84 Å². The number of hydrogen-bond acceptors (Lipinski definition) is 5. The Balaban J connectivity index is 1.65. The molecule has 1 aromatic heterocycles. The van der Waals surface area contributed by atoms with Crippen LogP contribution < -0.4 is 21.9 Å². The third kappa shape index (κ3) is 2.35. The van der Waals surface area contributed by atoms with Gasteiger partial charge in [0.1, 0.15) is 17.4 Å². The number of rotatable bonds is 4. The second-order valence-electron chi connectivity index (χ2n) is 5.49. The molecule has 3 amide bonds. The number of aromatic nitrogens is 2. The normalized spacial score (nSPS) is 20.2. The number of imidazole rings is 1. The van der Waals surface area contributed by atoms with E-state index in [1.807, 2.05) is 0 Å². The molecular weight excluding hydrogens is 276 g/mol. The SMILES string of the molecule is NNC(=O)C1(NC(=O)C2(NC(=O)n3ccnc3)CC2)CC1. The van der Waals surface area contributed by atoms with Crippen molar-refractivity contribution in [1.82, 2.24) is 25.6 Å². The van der Waals surface area contributed by atoms with Crippen LogP contribution in [0.1, 0.15) is 25.7 Å². The van der Waals surface area contributed by atoms with E-state index in [2.05, 4.69) is 21.0 Å². The van der Waals surface area contributed by atoms with Crippen LogP contribution in [-0.2, 0) is 9.59 Å². The number of carbonyl (C=O) groups excluding carboxylic acids is 3. The summed E-state index contributed by atoms with van der Waals surface area (Å²) in [5.74, 6) is 4.35. The van der Waals surface area contributed by atoms with Crippen LogP contribution in [0.4, 0.5) is 4.79 Å². The van der Waals surface area contributed by atoms with Crippen molar-refractivity contribution in [2.45, 2.75) is 36.8 Å². The lowest BCUT2D eigenvalue weighted by atomic mass is 10.2. The number of hydrogen-bond donors (Lipinski definition) is 4. The van der Waals surface area contributed by atoms with Gasteiger partial charge in [-0.05, 0) is 25.7 Å². The molecule has 1 heterocycles. The highest BCUT2D eigenvalue weighted by Crippen LogP contribution is 2.40. The molecular formula is C12H16N6O3. The van der Waals surface area contributed by atoms with Crippen LogP contribution in [0.5, 0.6) is 0 Å². The first-order valence-corrected chi connectivity index (χ1v) is 6.65. The maximum atomic E-state index is 12.3. The van der Waals surface area contributed by atoms with Crippen molar-refractivity contribution >= 4 is 17.8 Å². The molecule has 0 atom stereocenters. The standard InChI is InChI=1S/C12H16N6O3/c13-17-9(20)12(3-4-12)15-8(19)11(1-2-11)16-10(21)18-6-5-14-7-18/h5-7H,1-4,13H2,(H,15,19)(H,16,21)(H,17,20). The predicted molar refractivity (Wildman–Crippen MR) is 70.6 cm³/mol. The molecule has 0 radical (unpaired) electrons. The van der Waals surface area contributed by atoms with Crippen molar-refractivity contribution < 1.29 is 14.4 Å². The van der Waals surface area contributed by atoms with E-state index in [1.54, 1.807) is 0 Å². The monoisotopic (exact) mass is 292 g/mol. The Bertz CT molecular complexity index is 588. The Morgan fingerprint density at radius 1 is 1.05 bits per heavy atom. The second kappa shape index (κ2) is 4.55.